The van der Waals surface area contributed by atoms with Crippen LogP contribution in [0.4, 0.5) is 0 Å². The molecule has 3 N–H and O–H groups in total. The fraction of sp³-hybridized carbons (Fsp3) is 0.421. The van der Waals surface area contributed by atoms with Gasteiger partial charge in [0, 0.05) is 24.8 Å². The van der Waals surface area contributed by atoms with Crippen LogP contribution < -0.4 is 22.3 Å². The highest BCUT2D eigenvalue weighted by atomic mass is 16.2. The molecule has 0 fully saturated rings. The molecule has 2 rings (SSSR count). The molecule has 0 radical (unpaired) electrons. The quantitative estimate of drug-likeness (QED) is 0.720. The number of aromatic nitrogens is 2. The van der Waals surface area contributed by atoms with E-state index in [9.17, 15) is 14.4 Å². The van der Waals surface area contributed by atoms with E-state index in [1.165, 1.54) is 16.8 Å². The van der Waals surface area contributed by atoms with Crippen LogP contribution in [-0.4, -0.2) is 27.6 Å². The van der Waals surface area contributed by atoms with Gasteiger partial charge in [0.25, 0.3) is 5.56 Å². The third-order valence-corrected chi connectivity index (χ3v) is 4.04. The van der Waals surface area contributed by atoms with Crippen molar-refractivity contribution in [2.24, 2.45) is 11.7 Å². The largest absolute Gasteiger partial charge is 0.351 e. The highest BCUT2D eigenvalue weighted by Gasteiger charge is 2.15. The van der Waals surface area contributed by atoms with Crippen molar-refractivity contribution in [2.75, 3.05) is 6.54 Å². The maximum Gasteiger partial charge on any atom is 0.331 e. The minimum absolute atomic E-state index is 0.173. The molecule has 7 nitrogen and oxygen atoms in total. The summed E-state index contributed by atoms with van der Waals surface area (Å²) in [4.78, 5) is 36.9. The van der Waals surface area contributed by atoms with E-state index in [1.54, 1.807) is 0 Å². The Morgan fingerprint density at radius 2 is 1.85 bits per heavy atom. The van der Waals surface area contributed by atoms with Gasteiger partial charge in [0.2, 0.25) is 5.91 Å². The van der Waals surface area contributed by atoms with Gasteiger partial charge in [-0.1, -0.05) is 44.2 Å². The standard InChI is InChI=1S/C19H26N4O3/c1-14(2)10-16(11-20)21-17(24)13-23-18(25)8-9-22(19(23)26)12-15-6-4-3-5-7-15/h3-9,14,16H,10-13,20H2,1-2H3,(H,21,24). The summed E-state index contributed by atoms with van der Waals surface area (Å²) >= 11 is 0. The average Bonchev–Trinajstić information content (AvgIpc) is 2.61. The Balaban J connectivity index is 2.16. The van der Waals surface area contributed by atoms with Gasteiger partial charge in [0.05, 0.1) is 6.54 Å². The lowest BCUT2D eigenvalue weighted by atomic mass is 10.0. The van der Waals surface area contributed by atoms with E-state index in [0.717, 1.165) is 16.6 Å². The third kappa shape index (κ3) is 5.42. The van der Waals surface area contributed by atoms with Crippen LogP contribution in [0.1, 0.15) is 25.8 Å². The first-order valence-corrected chi connectivity index (χ1v) is 8.74. The van der Waals surface area contributed by atoms with Crippen LogP contribution >= 0.6 is 0 Å². The summed E-state index contributed by atoms with van der Waals surface area (Å²) in [5, 5.41) is 2.80. The lowest BCUT2D eigenvalue weighted by Gasteiger charge is -2.19. The molecule has 0 spiro atoms. The molecule has 1 aromatic heterocycles. The minimum atomic E-state index is -0.510. The van der Waals surface area contributed by atoms with Crippen molar-refractivity contribution in [1.82, 2.24) is 14.5 Å². The Labute approximate surface area is 152 Å². The van der Waals surface area contributed by atoms with Gasteiger partial charge in [-0.05, 0) is 17.9 Å². The van der Waals surface area contributed by atoms with E-state index in [-0.39, 0.29) is 12.6 Å². The number of carbonyl (C=O) groups is 1. The number of carbonyl (C=O) groups excluding carboxylic acids is 1. The summed E-state index contributed by atoms with van der Waals surface area (Å²) in [7, 11) is 0. The zero-order valence-electron chi connectivity index (χ0n) is 15.2. The summed E-state index contributed by atoms with van der Waals surface area (Å²) in [6.07, 6.45) is 2.19. The number of amides is 1. The zero-order chi connectivity index (χ0) is 19.1. The molecule has 1 amide bonds. The Morgan fingerprint density at radius 1 is 1.15 bits per heavy atom. The van der Waals surface area contributed by atoms with E-state index in [1.807, 2.05) is 44.2 Å². The van der Waals surface area contributed by atoms with E-state index in [0.29, 0.717) is 19.0 Å². The summed E-state index contributed by atoms with van der Waals surface area (Å²) < 4.78 is 2.36. The Hall–Kier alpha value is -2.67. The van der Waals surface area contributed by atoms with Gasteiger partial charge in [0.1, 0.15) is 6.54 Å². The van der Waals surface area contributed by atoms with Gasteiger partial charge >= 0.3 is 5.69 Å². The molecule has 0 saturated heterocycles. The lowest BCUT2D eigenvalue weighted by molar-refractivity contribution is -0.122. The Kier molecular flexibility index (Phi) is 6.91. The first kappa shape index (κ1) is 19.7. The average molecular weight is 358 g/mol. The van der Waals surface area contributed by atoms with E-state index < -0.39 is 17.2 Å². The van der Waals surface area contributed by atoms with Crippen molar-refractivity contribution in [3.8, 4) is 0 Å². The molecule has 140 valence electrons. The first-order valence-electron chi connectivity index (χ1n) is 8.74. The summed E-state index contributed by atoms with van der Waals surface area (Å²) in [6.45, 7) is 4.41. The lowest BCUT2D eigenvalue weighted by Crippen LogP contribution is -2.47. The SMILES string of the molecule is CC(C)CC(CN)NC(=O)Cn1c(=O)ccn(Cc2ccccc2)c1=O. The molecule has 1 unspecified atom stereocenters. The van der Waals surface area contributed by atoms with E-state index in [4.69, 9.17) is 5.73 Å². The maximum atomic E-state index is 12.6. The highest BCUT2D eigenvalue weighted by Crippen LogP contribution is 2.03. The van der Waals surface area contributed by atoms with Crippen molar-refractivity contribution >= 4 is 5.91 Å². The molecule has 7 heteroatoms. The second-order valence-electron chi connectivity index (χ2n) is 6.77. The normalized spacial score (nSPS) is 12.2. The number of nitrogens with zero attached hydrogens (tertiary/aromatic N) is 2. The topological polar surface area (TPSA) is 99.1 Å². The van der Waals surface area contributed by atoms with Crippen molar-refractivity contribution in [3.63, 3.8) is 0 Å². The molecule has 1 atom stereocenters. The molecule has 0 saturated carbocycles. The summed E-state index contributed by atoms with van der Waals surface area (Å²) in [6, 6.07) is 10.6. The smallest absolute Gasteiger partial charge is 0.331 e. The molecule has 1 heterocycles. The van der Waals surface area contributed by atoms with E-state index in [2.05, 4.69) is 5.32 Å². The summed E-state index contributed by atoms with van der Waals surface area (Å²) in [5.41, 5.74) is 5.61. The van der Waals surface area contributed by atoms with Crippen LogP contribution in [0.3, 0.4) is 0 Å². The number of nitrogens with two attached hydrogens (primary N) is 1. The molecule has 0 aliphatic heterocycles. The minimum Gasteiger partial charge on any atom is -0.351 e. The van der Waals surface area contributed by atoms with Crippen LogP contribution in [0, 0.1) is 5.92 Å². The van der Waals surface area contributed by atoms with Crippen LogP contribution in [0.2, 0.25) is 0 Å². The molecule has 26 heavy (non-hydrogen) atoms. The predicted molar refractivity (Wildman–Crippen MR) is 101 cm³/mol. The Bertz CT molecular complexity index is 840. The molecule has 0 aliphatic rings. The van der Waals surface area contributed by atoms with Crippen molar-refractivity contribution in [3.05, 3.63) is 69.0 Å². The second kappa shape index (κ2) is 9.15. The van der Waals surface area contributed by atoms with Crippen LogP contribution in [0.25, 0.3) is 0 Å². The number of nitrogens with one attached hydrogen (secondary N) is 1. The van der Waals surface area contributed by atoms with Crippen LogP contribution in [0.15, 0.2) is 52.2 Å². The van der Waals surface area contributed by atoms with Gasteiger partial charge in [-0.25, -0.2) is 4.79 Å². The molecule has 2 aromatic rings. The zero-order valence-corrected chi connectivity index (χ0v) is 15.2. The Morgan fingerprint density at radius 3 is 2.46 bits per heavy atom. The monoisotopic (exact) mass is 358 g/mol. The second-order valence-corrected chi connectivity index (χ2v) is 6.77. The van der Waals surface area contributed by atoms with Gasteiger partial charge in [0.15, 0.2) is 0 Å². The van der Waals surface area contributed by atoms with Crippen molar-refractivity contribution in [2.45, 2.75) is 39.4 Å². The first-order chi connectivity index (χ1) is 12.4. The number of hydrogen-bond donors (Lipinski definition) is 2. The van der Waals surface area contributed by atoms with Gasteiger partial charge in [-0.15, -0.1) is 0 Å². The van der Waals surface area contributed by atoms with Gasteiger partial charge in [-0.3, -0.25) is 18.7 Å². The van der Waals surface area contributed by atoms with Crippen LogP contribution in [-0.2, 0) is 17.9 Å². The van der Waals surface area contributed by atoms with Gasteiger partial charge < -0.3 is 11.1 Å². The van der Waals surface area contributed by atoms with Crippen molar-refractivity contribution in [1.29, 1.82) is 0 Å². The number of rotatable bonds is 8. The maximum absolute atomic E-state index is 12.6. The molecule has 1 aromatic carbocycles. The summed E-state index contributed by atoms with van der Waals surface area (Å²) in [5.74, 6) is -0.0100. The molecular formula is C19H26N4O3. The van der Waals surface area contributed by atoms with Crippen molar-refractivity contribution < 1.29 is 4.79 Å². The number of hydrogen-bond acceptors (Lipinski definition) is 4. The van der Waals surface area contributed by atoms with E-state index >= 15 is 0 Å². The third-order valence-electron chi connectivity index (χ3n) is 4.04. The fourth-order valence-corrected chi connectivity index (χ4v) is 2.80. The van der Waals surface area contributed by atoms with Gasteiger partial charge in [-0.2, -0.15) is 0 Å². The molecule has 0 aliphatic carbocycles. The number of benzene rings is 1. The molecular weight excluding hydrogens is 332 g/mol. The molecule has 0 bridgehead atoms. The highest BCUT2D eigenvalue weighted by molar-refractivity contribution is 5.76. The predicted octanol–water partition coefficient (Wildman–Crippen LogP) is 0.548. The van der Waals surface area contributed by atoms with Crippen LogP contribution in [0.5, 0.6) is 0 Å². The fourth-order valence-electron chi connectivity index (χ4n) is 2.80.